The molecule has 20 heavy (non-hydrogen) atoms. The molecule has 0 heterocycles. The summed E-state index contributed by atoms with van der Waals surface area (Å²) in [5, 5.41) is 1.41. The fourth-order valence-electron chi connectivity index (χ4n) is 2.38. The van der Waals surface area contributed by atoms with Crippen LogP contribution in [0, 0.1) is 0 Å². The number of hydrogen-bond acceptors (Lipinski definition) is 0. The maximum Gasteiger partial charge on any atom is 0.00870 e. The van der Waals surface area contributed by atoms with E-state index in [2.05, 4.69) is 80.7 Å². The summed E-state index contributed by atoms with van der Waals surface area (Å²) in [6.07, 6.45) is 4.17. The van der Waals surface area contributed by atoms with Crippen molar-refractivity contribution in [3.63, 3.8) is 0 Å². The summed E-state index contributed by atoms with van der Waals surface area (Å²) in [7, 11) is 1.12. The van der Waals surface area contributed by atoms with Crippen LogP contribution in [0.1, 0.15) is 79.0 Å². The van der Waals surface area contributed by atoms with E-state index in [1.807, 2.05) is 0 Å². The van der Waals surface area contributed by atoms with E-state index in [1.54, 1.807) is 0 Å². The van der Waals surface area contributed by atoms with Gasteiger partial charge in [-0.3, -0.25) is 0 Å². The zero-order valence-electron chi connectivity index (χ0n) is 14.8. The molecule has 1 aromatic rings. The second kappa shape index (κ2) is 5.30. The van der Waals surface area contributed by atoms with E-state index in [0.717, 1.165) is 8.20 Å². The van der Waals surface area contributed by atoms with Crippen LogP contribution in [-0.4, -0.2) is 6.30 Å². The van der Waals surface area contributed by atoms with Crippen molar-refractivity contribution < 1.29 is 0 Å². The lowest BCUT2D eigenvalue weighted by Crippen LogP contribution is -2.29. The number of rotatable bonds is 1. The van der Waals surface area contributed by atoms with Gasteiger partial charge in [-0.25, -0.2) is 0 Å². The summed E-state index contributed by atoms with van der Waals surface area (Å²) in [6, 6.07) is 4.81. The van der Waals surface area contributed by atoms with E-state index < -0.39 is 0 Å². The van der Waals surface area contributed by atoms with E-state index >= 15 is 0 Å². The first-order valence-corrected chi connectivity index (χ1v) is 8.52. The normalized spacial score (nSPS) is 13.8. The van der Waals surface area contributed by atoms with Gasteiger partial charge in [-0.15, -0.1) is 0 Å². The molecule has 0 aliphatic carbocycles. The van der Waals surface area contributed by atoms with E-state index in [4.69, 9.17) is 0 Å². The molecule has 0 aliphatic heterocycles. The highest BCUT2D eigenvalue weighted by Crippen LogP contribution is 2.34. The molecule has 0 amide bonds. The lowest BCUT2D eigenvalue weighted by molar-refractivity contribution is 0.554. The Kier molecular flexibility index (Phi) is 4.62. The van der Waals surface area contributed by atoms with Gasteiger partial charge >= 0.3 is 0 Å². The Balaban J connectivity index is 3.80. The highest BCUT2D eigenvalue weighted by Gasteiger charge is 2.27. The first-order chi connectivity index (χ1) is 8.78. The van der Waals surface area contributed by atoms with Crippen molar-refractivity contribution in [3.8, 4) is 0 Å². The van der Waals surface area contributed by atoms with Gasteiger partial charge in [0.1, 0.15) is 0 Å². The molecule has 0 aliphatic rings. The van der Waals surface area contributed by atoms with Gasteiger partial charge in [0.25, 0.3) is 0 Å². The molecular weight excluding hydrogens is 259 g/mol. The van der Waals surface area contributed by atoms with Crippen molar-refractivity contribution in [1.82, 2.24) is 0 Å². The highest BCUT2D eigenvalue weighted by atomic mass is 31.1. The van der Waals surface area contributed by atoms with Gasteiger partial charge in [-0.1, -0.05) is 89.0 Å². The average Bonchev–Trinajstić information content (AvgIpc) is 2.23. The van der Waals surface area contributed by atoms with Gasteiger partial charge in [0.2, 0.25) is 0 Å². The van der Waals surface area contributed by atoms with Crippen LogP contribution in [0.25, 0.3) is 0 Å². The van der Waals surface area contributed by atoms with Crippen LogP contribution in [0.3, 0.4) is 0 Å². The summed E-state index contributed by atoms with van der Waals surface area (Å²) >= 11 is 0. The van der Waals surface area contributed by atoms with E-state index in [0.29, 0.717) is 0 Å². The van der Waals surface area contributed by atoms with Crippen LogP contribution in [-0.2, 0) is 16.2 Å². The first-order valence-electron chi connectivity index (χ1n) is 7.44. The van der Waals surface area contributed by atoms with E-state index in [9.17, 15) is 0 Å². The third kappa shape index (κ3) is 3.73. The summed E-state index contributed by atoms with van der Waals surface area (Å²) in [5.74, 6) is 0. The summed E-state index contributed by atoms with van der Waals surface area (Å²) in [6.45, 7) is 20.7. The molecule has 0 bridgehead atoms. The van der Waals surface area contributed by atoms with Crippen LogP contribution in [0.4, 0.5) is 0 Å². The summed E-state index contributed by atoms with van der Waals surface area (Å²) in [4.78, 5) is 0. The fourth-order valence-corrected chi connectivity index (χ4v) is 3.52. The molecule has 0 N–H and O–H groups in total. The Morgan fingerprint density at radius 2 is 1.05 bits per heavy atom. The van der Waals surface area contributed by atoms with Crippen molar-refractivity contribution in [2.75, 3.05) is 0 Å². The Hall–Kier alpha value is -0.610. The van der Waals surface area contributed by atoms with Gasteiger partial charge in [0, 0.05) is 5.30 Å². The van der Waals surface area contributed by atoms with Crippen LogP contribution in [0.2, 0.25) is 0 Å². The molecule has 0 spiro atoms. The standard InChI is InChI=1S/C19H31P/c1-17(2,3)13-11-14(18(4,5)6)16(20-10)15(12-13)19(7,8)9/h11-12H,10H2,1-9H3. The molecule has 1 heteroatoms. The fraction of sp³-hybridized carbons (Fsp3) is 0.632. The Morgan fingerprint density at radius 1 is 0.700 bits per heavy atom. The predicted molar refractivity (Wildman–Crippen MR) is 96.2 cm³/mol. The minimum absolute atomic E-state index is 0.154. The molecule has 112 valence electrons. The van der Waals surface area contributed by atoms with E-state index in [1.165, 1.54) is 22.0 Å². The monoisotopic (exact) mass is 290 g/mol. The SMILES string of the molecule is C=Pc1c(C(C)(C)C)cc(C(C)(C)C)cc1C(C)(C)C. The number of hydrogen-bond donors (Lipinski definition) is 0. The van der Waals surface area contributed by atoms with Gasteiger partial charge in [0.05, 0.1) is 0 Å². The second-order valence-electron chi connectivity index (χ2n) is 8.83. The molecule has 0 nitrogen and oxygen atoms in total. The molecule has 0 radical (unpaired) electrons. The Bertz CT molecular complexity index is 467. The molecule has 0 saturated carbocycles. The third-order valence-corrected chi connectivity index (χ3v) is 4.55. The zero-order valence-corrected chi connectivity index (χ0v) is 15.7. The third-order valence-electron chi connectivity index (χ3n) is 3.75. The lowest BCUT2D eigenvalue weighted by atomic mass is 9.75. The Morgan fingerprint density at radius 3 is 1.25 bits per heavy atom. The molecule has 0 saturated heterocycles. The van der Waals surface area contributed by atoms with Crippen molar-refractivity contribution >= 4 is 19.8 Å². The van der Waals surface area contributed by atoms with E-state index in [-0.39, 0.29) is 16.2 Å². The molecule has 1 aromatic carbocycles. The molecule has 0 aromatic heterocycles. The molecule has 0 fully saturated rings. The molecule has 0 atom stereocenters. The van der Waals surface area contributed by atoms with Crippen molar-refractivity contribution in [2.24, 2.45) is 0 Å². The summed E-state index contributed by atoms with van der Waals surface area (Å²) in [5.41, 5.74) is 4.82. The quantitative estimate of drug-likeness (QED) is 0.592. The maximum atomic E-state index is 4.17. The van der Waals surface area contributed by atoms with Crippen LogP contribution >= 0.6 is 8.20 Å². The first kappa shape index (κ1) is 17.4. The van der Waals surface area contributed by atoms with Gasteiger partial charge in [-0.2, -0.15) is 0 Å². The minimum atomic E-state index is 0.154. The van der Waals surface area contributed by atoms with Crippen molar-refractivity contribution in [1.29, 1.82) is 0 Å². The highest BCUT2D eigenvalue weighted by molar-refractivity contribution is 7.45. The van der Waals surface area contributed by atoms with Gasteiger partial charge in [0.15, 0.2) is 0 Å². The topological polar surface area (TPSA) is 0 Å². The van der Waals surface area contributed by atoms with Gasteiger partial charge in [-0.05, 0) is 32.9 Å². The summed E-state index contributed by atoms with van der Waals surface area (Å²) < 4.78 is 0. The van der Waals surface area contributed by atoms with Crippen molar-refractivity contribution in [2.45, 2.75) is 78.6 Å². The largest absolute Gasteiger partial charge is 0.0758 e. The number of benzene rings is 1. The smallest absolute Gasteiger partial charge is 0.00870 e. The second-order valence-corrected chi connectivity index (χ2v) is 9.59. The average molecular weight is 290 g/mol. The molecule has 0 unspecified atom stereocenters. The van der Waals surface area contributed by atoms with Crippen LogP contribution in [0.15, 0.2) is 12.1 Å². The van der Waals surface area contributed by atoms with Crippen LogP contribution in [0.5, 0.6) is 0 Å². The lowest BCUT2D eigenvalue weighted by Gasteiger charge is -2.32. The zero-order chi connectivity index (χ0) is 15.9. The minimum Gasteiger partial charge on any atom is -0.0758 e. The maximum absolute atomic E-state index is 4.17. The predicted octanol–water partition coefficient (Wildman–Crippen LogP) is 5.58. The molecular formula is C19H31P. The molecule has 1 rings (SSSR count). The van der Waals surface area contributed by atoms with Crippen LogP contribution < -0.4 is 5.30 Å². The Labute approximate surface area is 127 Å². The van der Waals surface area contributed by atoms with Crippen molar-refractivity contribution in [3.05, 3.63) is 28.8 Å². The van der Waals surface area contributed by atoms with Gasteiger partial charge < -0.3 is 0 Å².